The highest BCUT2D eigenvalue weighted by Gasteiger charge is 2.55. The van der Waals surface area contributed by atoms with E-state index < -0.39 is 23.2 Å². The van der Waals surface area contributed by atoms with Crippen LogP contribution in [0.5, 0.6) is 5.75 Å². The number of rotatable bonds is 14. The van der Waals surface area contributed by atoms with E-state index in [9.17, 15) is 24.6 Å². The number of oxime groups is 1. The highest BCUT2D eigenvalue weighted by atomic mass is 32.2. The van der Waals surface area contributed by atoms with Crippen LogP contribution in [0.25, 0.3) is 0 Å². The van der Waals surface area contributed by atoms with E-state index in [0.29, 0.717) is 30.7 Å². The number of carbonyl (C=O) groups excluding carboxylic acids is 2. The van der Waals surface area contributed by atoms with Gasteiger partial charge in [0.1, 0.15) is 23.3 Å². The SMILES string of the molecule is CC.CNC1C(=O)N(OSO)C1(C)C.CNCCC1N=C(c2ccc3c(c2)CCC(C(C)(O/N=C(\C=O)c2csc(N)n2)C(=O)O)O3)NC1CO. The lowest BCUT2D eigenvalue weighted by atomic mass is 9.85. The van der Waals surface area contributed by atoms with Gasteiger partial charge in [-0.05, 0) is 84.4 Å². The highest BCUT2D eigenvalue weighted by molar-refractivity contribution is 7.88. The molecule has 5 unspecified atom stereocenters. The minimum atomic E-state index is -1.86. The second-order valence-corrected chi connectivity index (χ2v) is 13.4. The lowest BCUT2D eigenvalue weighted by Gasteiger charge is -2.50. The van der Waals surface area contributed by atoms with Crippen LogP contribution in [0.2, 0.25) is 0 Å². The number of aliphatic hydroxyl groups excluding tert-OH is 1. The average molecular weight is 753 g/mol. The number of ether oxygens (including phenoxy) is 1. The van der Waals surface area contributed by atoms with E-state index in [2.05, 4.69) is 30.4 Å². The minimum Gasteiger partial charge on any atom is -0.485 e. The summed E-state index contributed by atoms with van der Waals surface area (Å²) in [6.07, 6.45) is 1.24. The molecule has 1 aromatic carbocycles. The van der Waals surface area contributed by atoms with Crippen molar-refractivity contribution in [2.75, 3.05) is 33.0 Å². The molecule has 19 heteroatoms. The van der Waals surface area contributed by atoms with Crippen LogP contribution < -0.4 is 26.4 Å². The number of carboxylic acids is 1. The molecule has 1 saturated heterocycles. The fourth-order valence-corrected chi connectivity index (χ4v) is 6.57. The number of nitrogens with zero attached hydrogens (tertiary/aromatic N) is 4. The summed E-state index contributed by atoms with van der Waals surface area (Å²) in [4.78, 5) is 49.1. The molecule has 0 aliphatic carbocycles. The molecule has 0 radical (unpaired) electrons. The second kappa shape index (κ2) is 18.6. The van der Waals surface area contributed by atoms with E-state index in [1.165, 1.54) is 12.3 Å². The van der Waals surface area contributed by atoms with Gasteiger partial charge < -0.3 is 46.0 Å². The number of aliphatic carboxylic acids is 1. The second-order valence-electron chi connectivity index (χ2n) is 12.2. The molecule has 282 valence electrons. The van der Waals surface area contributed by atoms with Crippen LogP contribution >= 0.6 is 23.7 Å². The van der Waals surface area contributed by atoms with Crippen molar-refractivity contribution < 1.29 is 43.0 Å². The van der Waals surface area contributed by atoms with Gasteiger partial charge in [-0.2, -0.15) is 9.35 Å². The first-order valence-electron chi connectivity index (χ1n) is 16.4. The van der Waals surface area contributed by atoms with Gasteiger partial charge in [0.05, 0.1) is 24.2 Å². The number of likely N-dealkylation sites (N-methyl/N-ethyl adjacent to an activating group) is 1. The van der Waals surface area contributed by atoms with Crippen LogP contribution in [-0.4, -0.2) is 117 Å². The number of β-lactam (4-membered cyclic amide) rings is 1. The zero-order valence-corrected chi connectivity index (χ0v) is 31.3. The summed E-state index contributed by atoms with van der Waals surface area (Å²) in [5.74, 6) is -0.199. The zero-order chi connectivity index (χ0) is 37.9. The van der Waals surface area contributed by atoms with Crippen LogP contribution in [0.1, 0.15) is 64.3 Å². The van der Waals surface area contributed by atoms with Crippen molar-refractivity contribution in [1.29, 1.82) is 0 Å². The normalized spacial score (nSPS) is 23.0. The fourth-order valence-electron chi connectivity index (χ4n) is 5.68. The van der Waals surface area contributed by atoms with E-state index in [-0.39, 0.29) is 59.5 Å². The number of carboxylic acid groups (broad SMARTS) is 1. The van der Waals surface area contributed by atoms with Crippen molar-refractivity contribution in [1.82, 2.24) is 26.0 Å². The third-order valence-corrected chi connectivity index (χ3v) is 9.48. The Balaban J connectivity index is 0.000000422. The number of nitrogens with two attached hydrogens (primary N) is 1. The quantitative estimate of drug-likeness (QED) is 0.0479. The lowest BCUT2D eigenvalue weighted by molar-refractivity contribution is -0.213. The van der Waals surface area contributed by atoms with Gasteiger partial charge in [-0.15, -0.1) is 11.3 Å². The molecule has 4 heterocycles. The van der Waals surface area contributed by atoms with Crippen LogP contribution in [0.15, 0.2) is 33.7 Å². The number of hydroxylamine groups is 2. The predicted octanol–water partition coefficient (Wildman–Crippen LogP) is 1.85. The molecule has 17 nitrogen and oxygen atoms in total. The standard InChI is InChI=1S/C24H30N6O6S.C6H12N2O3S.C2H6/c1-24(22(33)34,36-30-17(11-32)18-12-37-23(25)29-18)20-6-4-13-9-14(3-5-19(13)35-20)21-27-15(7-8-26-2)16(10-31)28-21;1-6(2)4(7-3)5(9)8(6)11-12-10;1-2/h3,5,9,11-12,15-16,20,26,31H,4,6-8,10H2,1-2H3,(H2,25,29)(H,27,28)(H,33,34);4,7,10H,1-3H3;1-2H3/b30-17+;;. The molecular formula is C32H48N8O9S2. The number of nitrogens with one attached hydrogen (secondary N) is 3. The van der Waals surface area contributed by atoms with E-state index >= 15 is 0 Å². The average Bonchev–Trinajstić information content (AvgIpc) is 3.76. The number of amides is 1. The molecule has 1 fully saturated rings. The number of nitrogen functional groups attached to an aromatic ring is 1. The van der Waals surface area contributed by atoms with Crippen molar-refractivity contribution >= 4 is 58.5 Å². The fraction of sp³-hybridized carbons (Fsp3) is 0.562. The number of benzene rings is 1. The van der Waals surface area contributed by atoms with Crippen LogP contribution in [0.3, 0.4) is 0 Å². The number of hydrogen-bond donors (Lipinski definition) is 7. The molecule has 1 aromatic heterocycles. The largest absolute Gasteiger partial charge is 0.485 e. The van der Waals surface area contributed by atoms with Crippen molar-refractivity contribution in [2.45, 2.75) is 89.3 Å². The molecule has 3 aliphatic rings. The van der Waals surface area contributed by atoms with E-state index in [4.69, 9.17) is 24.9 Å². The van der Waals surface area contributed by atoms with Gasteiger partial charge in [0.2, 0.25) is 0 Å². The maximum atomic E-state index is 12.2. The molecule has 5 atom stereocenters. The Morgan fingerprint density at radius 2 is 2.08 bits per heavy atom. The Labute approximate surface area is 305 Å². The molecule has 3 aliphatic heterocycles. The number of aliphatic imine (C=N–C) groups is 1. The van der Waals surface area contributed by atoms with Gasteiger partial charge in [-0.1, -0.05) is 19.0 Å². The molecule has 8 N–H and O–H groups in total. The number of aromatic nitrogens is 1. The summed E-state index contributed by atoms with van der Waals surface area (Å²) in [6.45, 7) is 9.84. The van der Waals surface area contributed by atoms with E-state index in [1.54, 1.807) is 13.1 Å². The van der Waals surface area contributed by atoms with Crippen molar-refractivity contribution in [3.8, 4) is 5.75 Å². The Kier molecular flexibility index (Phi) is 15.1. The minimum absolute atomic E-state index is 0.0188. The number of aryl methyl sites for hydroxylation is 1. The first-order valence-corrected chi connectivity index (χ1v) is 18.0. The smallest absolute Gasteiger partial charge is 0.354 e. The Bertz CT molecular complexity index is 1570. The number of fused-ring (bicyclic) bond motifs is 1. The third kappa shape index (κ3) is 9.34. The summed E-state index contributed by atoms with van der Waals surface area (Å²) in [7, 11) is 3.59. The predicted molar refractivity (Wildman–Crippen MR) is 195 cm³/mol. The van der Waals surface area contributed by atoms with Crippen molar-refractivity contribution in [3.05, 3.63) is 40.4 Å². The number of hydrogen-bond acceptors (Lipinski definition) is 17. The van der Waals surface area contributed by atoms with Crippen LogP contribution in [-0.2, 0) is 29.9 Å². The maximum Gasteiger partial charge on any atom is 0.354 e. The molecule has 0 saturated carbocycles. The maximum absolute atomic E-state index is 12.2. The first-order chi connectivity index (χ1) is 24.3. The summed E-state index contributed by atoms with van der Waals surface area (Å²) < 4.78 is 19.1. The molecule has 1 amide bonds. The number of aldehydes is 1. The highest BCUT2D eigenvalue weighted by Crippen LogP contribution is 2.35. The number of aliphatic hydroxyl groups is 1. The number of carbonyl (C=O) groups is 3. The molecule has 2 aromatic rings. The van der Waals surface area contributed by atoms with Gasteiger partial charge >= 0.3 is 5.97 Å². The zero-order valence-electron chi connectivity index (χ0n) is 29.7. The topological polar surface area (TPSA) is 243 Å². The van der Waals surface area contributed by atoms with E-state index in [0.717, 1.165) is 40.5 Å². The van der Waals surface area contributed by atoms with Gasteiger partial charge in [0, 0.05) is 10.9 Å². The monoisotopic (exact) mass is 752 g/mol. The van der Waals surface area contributed by atoms with Crippen molar-refractivity contribution in [3.63, 3.8) is 0 Å². The van der Waals surface area contributed by atoms with Gasteiger partial charge in [0.25, 0.3) is 11.5 Å². The summed E-state index contributed by atoms with van der Waals surface area (Å²) in [6, 6.07) is 5.17. The number of thiazole rings is 1. The molecule has 51 heavy (non-hydrogen) atoms. The van der Waals surface area contributed by atoms with Crippen LogP contribution in [0.4, 0.5) is 5.13 Å². The van der Waals surface area contributed by atoms with Gasteiger partial charge in [0.15, 0.2) is 35.6 Å². The Morgan fingerprint density at radius 3 is 2.63 bits per heavy atom. The van der Waals surface area contributed by atoms with Crippen LogP contribution in [0, 0.1) is 0 Å². The summed E-state index contributed by atoms with van der Waals surface area (Å²) in [5.41, 5.74) is 5.15. The molecule has 5 rings (SSSR count). The lowest BCUT2D eigenvalue weighted by Crippen LogP contribution is -2.74. The Morgan fingerprint density at radius 1 is 1.35 bits per heavy atom. The Hall–Kier alpha value is -3.85. The summed E-state index contributed by atoms with van der Waals surface area (Å²) in [5, 5.41) is 35.7. The summed E-state index contributed by atoms with van der Waals surface area (Å²) >= 11 is 1.31. The van der Waals surface area contributed by atoms with E-state index in [1.807, 2.05) is 46.9 Å². The third-order valence-electron chi connectivity index (χ3n) is 8.59. The molecular weight excluding hydrogens is 705 g/mol. The molecule has 0 spiro atoms. The van der Waals surface area contributed by atoms with Gasteiger partial charge in [-0.25, -0.2) is 9.78 Å². The first kappa shape index (κ1) is 41.6. The number of anilines is 1. The van der Waals surface area contributed by atoms with Gasteiger partial charge in [-0.3, -0.25) is 14.6 Å². The van der Waals surface area contributed by atoms with Crippen molar-refractivity contribution in [2.24, 2.45) is 10.1 Å². The molecule has 0 bridgehead atoms. The number of amidine groups is 1.